The van der Waals surface area contributed by atoms with E-state index in [0.717, 1.165) is 85.4 Å². The number of ether oxygens (including phenoxy) is 7. The Hall–Kier alpha value is -5.04. The number of allylic oxidation sites excluding steroid dienone is 2. The summed E-state index contributed by atoms with van der Waals surface area (Å²) in [5.74, 6) is 8.85. The van der Waals surface area contributed by atoms with E-state index in [-0.39, 0.29) is 65.6 Å². The van der Waals surface area contributed by atoms with E-state index in [9.17, 15) is 28.8 Å². The van der Waals surface area contributed by atoms with Gasteiger partial charge in [-0.05, 0) is 267 Å². The van der Waals surface area contributed by atoms with Crippen molar-refractivity contribution in [3.63, 3.8) is 0 Å². The number of carbonyl (C=O) groups is 6. The van der Waals surface area contributed by atoms with Gasteiger partial charge in [0.25, 0.3) is 0 Å². The smallest absolute Gasteiger partial charge is 0.333 e. The van der Waals surface area contributed by atoms with Crippen LogP contribution in [0.25, 0.3) is 0 Å². The van der Waals surface area contributed by atoms with Gasteiger partial charge in [0.2, 0.25) is 0 Å². The Kier molecular flexibility index (Phi) is 26.4. The van der Waals surface area contributed by atoms with E-state index in [2.05, 4.69) is 72.4 Å². The predicted octanol–water partition coefficient (Wildman–Crippen LogP) is 16.2. The van der Waals surface area contributed by atoms with Gasteiger partial charge in [-0.2, -0.15) is 0 Å². The summed E-state index contributed by atoms with van der Waals surface area (Å²) in [6, 6.07) is 0. The maximum absolute atomic E-state index is 11.6. The molecule has 0 aromatic rings. The van der Waals surface area contributed by atoms with Crippen LogP contribution in [0.1, 0.15) is 218 Å². The van der Waals surface area contributed by atoms with Crippen molar-refractivity contribution in [1.82, 2.24) is 0 Å². The zero-order valence-electron chi connectivity index (χ0n) is 56.4. The lowest BCUT2D eigenvalue weighted by atomic mass is 9.55. The number of hydrogen-bond donors (Lipinski definition) is 0. The summed E-state index contributed by atoms with van der Waals surface area (Å²) in [6.45, 7) is 44.7. The molecular formula is C75H114O13. The molecule has 0 radical (unpaired) electrons. The SMILES string of the molecule is C=C(C)C(=O)OC(C)(C)C.C=C(C)C(=O)OC1C2CC3CC(C2)CC1C3.C=C(C)C(=O)OC1CC(C)CC(C)(C)C1.C=C(C)C(=O)OC1CC2CC1C1CCCC21.C=C(C)C(=O)OC1CCCCC1.C=C(C)C(=O)OCCOC1CC2CC1C1CC=CC21. The van der Waals surface area contributed by atoms with Gasteiger partial charge in [0.15, 0.2) is 0 Å². The Labute approximate surface area is 530 Å². The predicted molar refractivity (Wildman–Crippen MR) is 346 cm³/mol. The third kappa shape index (κ3) is 21.0. The van der Waals surface area contributed by atoms with Gasteiger partial charge in [-0.3, -0.25) is 0 Å². The Morgan fingerprint density at radius 2 is 0.966 bits per heavy atom. The molecule has 12 aliphatic rings. The van der Waals surface area contributed by atoms with E-state index >= 15 is 0 Å². The molecule has 8 bridgehead atoms. The highest BCUT2D eigenvalue weighted by Gasteiger charge is 2.56. The molecule has 13 heteroatoms. The summed E-state index contributed by atoms with van der Waals surface area (Å²) in [4.78, 5) is 67.7. The minimum Gasteiger partial charge on any atom is -0.460 e. The molecule has 11 saturated carbocycles. The van der Waals surface area contributed by atoms with Gasteiger partial charge in [-0.25, -0.2) is 28.8 Å². The number of carbonyl (C=O) groups excluding carboxylic acids is 6. The lowest BCUT2D eigenvalue weighted by Crippen LogP contribution is -2.50. The van der Waals surface area contributed by atoms with Crippen LogP contribution in [0.2, 0.25) is 0 Å². The fourth-order valence-electron chi connectivity index (χ4n) is 17.2. The highest BCUT2D eigenvalue weighted by atomic mass is 16.6. The van der Waals surface area contributed by atoms with Crippen LogP contribution < -0.4 is 0 Å². The Balaban J connectivity index is 0.000000170. The monoisotopic (exact) mass is 1220 g/mol. The number of rotatable bonds is 14. The zero-order chi connectivity index (χ0) is 64.9. The second kappa shape index (κ2) is 32.3. The first kappa shape index (κ1) is 72.0. The normalized spacial score (nSPS) is 33.3. The van der Waals surface area contributed by atoms with Crippen molar-refractivity contribution in [2.24, 2.45) is 82.3 Å². The highest BCUT2D eigenvalue weighted by molar-refractivity contribution is 5.89. The second-order valence-electron chi connectivity index (χ2n) is 30.5. The molecule has 0 N–H and O–H groups in total. The van der Waals surface area contributed by atoms with Crippen LogP contribution in [0.15, 0.2) is 85.1 Å². The Bertz CT molecular complexity index is 2520. The summed E-state index contributed by atoms with van der Waals surface area (Å²) >= 11 is 0. The summed E-state index contributed by atoms with van der Waals surface area (Å²) in [5, 5.41) is 0. The van der Waals surface area contributed by atoms with Crippen molar-refractivity contribution in [2.45, 2.75) is 254 Å². The molecule has 12 unspecified atom stereocenters. The molecule has 12 rings (SSSR count). The topological polar surface area (TPSA) is 167 Å². The van der Waals surface area contributed by atoms with Crippen LogP contribution in [0, 0.1) is 82.3 Å². The van der Waals surface area contributed by atoms with E-state index in [1.807, 2.05) is 20.8 Å². The van der Waals surface area contributed by atoms with Gasteiger partial charge in [-0.15, -0.1) is 0 Å². The molecule has 0 amide bonds. The first-order chi connectivity index (χ1) is 41.3. The molecule has 0 aromatic heterocycles. The fourth-order valence-corrected chi connectivity index (χ4v) is 17.2. The van der Waals surface area contributed by atoms with E-state index in [1.54, 1.807) is 41.5 Å². The van der Waals surface area contributed by atoms with Crippen molar-refractivity contribution in [3.05, 3.63) is 85.1 Å². The first-order valence-electron chi connectivity index (χ1n) is 33.7. The van der Waals surface area contributed by atoms with E-state index in [4.69, 9.17) is 33.2 Å². The minimum atomic E-state index is -0.407. The van der Waals surface area contributed by atoms with E-state index in [1.165, 1.54) is 103 Å². The molecule has 13 nitrogen and oxygen atoms in total. The van der Waals surface area contributed by atoms with Crippen molar-refractivity contribution in [2.75, 3.05) is 13.2 Å². The van der Waals surface area contributed by atoms with E-state index in [0.29, 0.717) is 76.4 Å². The average Bonchev–Trinajstić information content (AvgIpc) is 1.79. The van der Waals surface area contributed by atoms with Crippen molar-refractivity contribution >= 4 is 35.8 Å². The van der Waals surface area contributed by atoms with Crippen LogP contribution in [0.4, 0.5) is 0 Å². The number of fused-ring (bicyclic) bond motifs is 10. The van der Waals surface area contributed by atoms with Gasteiger partial charge in [0.1, 0.15) is 36.6 Å². The van der Waals surface area contributed by atoms with Gasteiger partial charge in [0, 0.05) is 33.4 Å². The Morgan fingerprint density at radius 3 is 1.50 bits per heavy atom. The summed E-state index contributed by atoms with van der Waals surface area (Å²) in [6.07, 6.45) is 31.6. The van der Waals surface area contributed by atoms with Crippen molar-refractivity contribution in [1.29, 1.82) is 0 Å². The molecule has 0 aromatic carbocycles. The molecule has 12 aliphatic carbocycles. The third-order valence-corrected chi connectivity index (χ3v) is 20.5. The lowest BCUT2D eigenvalue weighted by Gasteiger charge is -2.53. The van der Waals surface area contributed by atoms with Crippen molar-refractivity contribution < 1.29 is 61.9 Å². The van der Waals surface area contributed by atoms with Crippen LogP contribution in [-0.2, 0) is 61.9 Å². The van der Waals surface area contributed by atoms with Crippen LogP contribution in [0.5, 0.6) is 0 Å². The van der Waals surface area contributed by atoms with Gasteiger partial charge in [0.05, 0.1) is 12.7 Å². The summed E-state index contributed by atoms with van der Waals surface area (Å²) < 4.78 is 37.8. The van der Waals surface area contributed by atoms with Crippen LogP contribution in [0.3, 0.4) is 0 Å². The summed E-state index contributed by atoms with van der Waals surface area (Å²) in [7, 11) is 0. The van der Waals surface area contributed by atoms with Crippen molar-refractivity contribution in [3.8, 4) is 0 Å². The molecule has 0 aliphatic heterocycles. The number of hydrogen-bond acceptors (Lipinski definition) is 13. The molecule has 0 saturated heterocycles. The van der Waals surface area contributed by atoms with Crippen LogP contribution in [-0.4, -0.2) is 85.2 Å². The maximum Gasteiger partial charge on any atom is 0.333 e. The zero-order valence-corrected chi connectivity index (χ0v) is 56.4. The maximum atomic E-state index is 11.6. The molecular weight excluding hydrogens is 1110 g/mol. The first-order valence-corrected chi connectivity index (χ1v) is 33.7. The second-order valence-corrected chi connectivity index (χ2v) is 30.5. The molecule has 0 heterocycles. The Morgan fingerprint density at radius 1 is 0.466 bits per heavy atom. The largest absolute Gasteiger partial charge is 0.460 e. The minimum absolute atomic E-state index is 0.0768. The van der Waals surface area contributed by atoms with Crippen LogP contribution >= 0.6 is 0 Å². The molecule has 492 valence electrons. The molecule has 88 heavy (non-hydrogen) atoms. The third-order valence-electron chi connectivity index (χ3n) is 20.5. The number of esters is 6. The quantitative estimate of drug-likeness (QED) is 0.0530. The molecule has 11 fully saturated rings. The van der Waals surface area contributed by atoms with Gasteiger partial charge in [-0.1, -0.05) is 85.2 Å². The van der Waals surface area contributed by atoms with Gasteiger partial charge >= 0.3 is 35.8 Å². The lowest BCUT2D eigenvalue weighted by molar-refractivity contribution is -0.166. The molecule has 0 spiro atoms. The fraction of sp³-hybridized carbons (Fsp3) is 0.733. The standard InChI is InChI=1S/C16H22O3.2C14H20O2.C13H22O2.C10H16O2.C8H14O2/c1-10(2)16(17)19-7-6-18-15-9-11-8-14(15)13-5-3-4-12(11)13;1-8(2)14(15)16-13-11-4-9-3-10(6-11)7-12(13)5-9;1-8(2)14(15)16-13-7-9-6-12(13)11-5-3-4-10(9)11;1-9(2)12(14)15-11-6-10(3)7-13(4,5)8-11;1-8(2)10(11)12-9-6-4-3-5-7-9;1-6(2)7(9)10-8(3,4)5/h3-4,11-15H,1,5-9H2,2H3;2*9-13H,1,3-7H2,2H3;10-11H,1,6-8H2,2-5H3;9H,1,3-7H2,2H3;1H2,2-5H3. The average molecular weight is 1220 g/mol. The van der Waals surface area contributed by atoms with Gasteiger partial charge < -0.3 is 33.2 Å². The summed E-state index contributed by atoms with van der Waals surface area (Å²) in [5.41, 5.74) is 2.83. The van der Waals surface area contributed by atoms with E-state index < -0.39 is 5.60 Å². The highest BCUT2D eigenvalue weighted by Crippen LogP contribution is 2.60. The molecule has 12 atom stereocenters.